The molecule has 1 aromatic carbocycles. The van der Waals surface area contributed by atoms with Crippen LogP contribution in [0.3, 0.4) is 0 Å². The van der Waals surface area contributed by atoms with E-state index in [-0.39, 0.29) is 5.97 Å². The molecule has 0 aliphatic heterocycles. The molecule has 4 heteroatoms. The average molecular weight is 250 g/mol. The molecule has 0 aliphatic carbocycles. The van der Waals surface area contributed by atoms with Crippen LogP contribution in [-0.4, -0.2) is 26.3 Å². The van der Waals surface area contributed by atoms with Crippen molar-refractivity contribution < 1.29 is 19.0 Å². The summed E-state index contributed by atoms with van der Waals surface area (Å²) in [5.41, 5.74) is 0.520. The van der Waals surface area contributed by atoms with Crippen LogP contribution in [0.2, 0.25) is 0 Å². The minimum Gasteiger partial charge on any atom is -0.490 e. The highest BCUT2D eigenvalue weighted by atomic mass is 16.5. The van der Waals surface area contributed by atoms with Crippen molar-refractivity contribution in [1.82, 2.24) is 0 Å². The predicted molar refractivity (Wildman–Crippen MR) is 68.9 cm³/mol. The van der Waals surface area contributed by atoms with Crippen LogP contribution in [0.25, 0.3) is 0 Å². The maximum Gasteiger partial charge on any atom is 0.333 e. The number of ether oxygens (including phenoxy) is 3. The Morgan fingerprint density at radius 2 is 1.83 bits per heavy atom. The summed E-state index contributed by atoms with van der Waals surface area (Å²) >= 11 is 0. The van der Waals surface area contributed by atoms with Crippen molar-refractivity contribution in [3.63, 3.8) is 0 Å². The van der Waals surface area contributed by atoms with Gasteiger partial charge >= 0.3 is 5.97 Å². The Balaban J connectivity index is 2.61. The molecule has 0 saturated heterocycles. The lowest BCUT2D eigenvalue weighted by Gasteiger charge is -2.10. The van der Waals surface area contributed by atoms with Crippen molar-refractivity contribution in [3.8, 4) is 11.5 Å². The van der Waals surface area contributed by atoms with Crippen LogP contribution < -0.4 is 9.47 Å². The highest BCUT2D eigenvalue weighted by molar-refractivity contribution is 5.87. The van der Waals surface area contributed by atoms with Crippen LogP contribution in [0.5, 0.6) is 11.5 Å². The molecule has 0 bridgehead atoms. The Labute approximate surface area is 107 Å². The summed E-state index contributed by atoms with van der Waals surface area (Å²) < 4.78 is 15.6. The van der Waals surface area contributed by atoms with Gasteiger partial charge in [-0.25, -0.2) is 4.79 Å². The zero-order chi connectivity index (χ0) is 13.4. The molecule has 0 aliphatic rings. The first-order chi connectivity index (χ1) is 8.69. The second-order valence-corrected chi connectivity index (χ2v) is 3.57. The summed E-state index contributed by atoms with van der Waals surface area (Å²) in [6, 6.07) is 7.42. The molecular weight excluding hydrogens is 232 g/mol. The number of carbonyl (C=O) groups excluding carboxylic acids is 1. The zero-order valence-corrected chi connectivity index (χ0v) is 10.9. The van der Waals surface area contributed by atoms with E-state index in [0.717, 1.165) is 0 Å². The first-order valence-corrected chi connectivity index (χ1v) is 5.78. The van der Waals surface area contributed by atoms with Gasteiger partial charge in [-0.1, -0.05) is 12.1 Å². The molecule has 0 atom stereocenters. The summed E-state index contributed by atoms with van der Waals surface area (Å²) in [4.78, 5) is 11.2. The van der Waals surface area contributed by atoms with Crippen LogP contribution in [0.1, 0.15) is 13.8 Å². The van der Waals surface area contributed by atoms with Gasteiger partial charge in [0.25, 0.3) is 0 Å². The van der Waals surface area contributed by atoms with Crippen molar-refractivity contribution in [3.05, 3.63) is 35.9 Å². The predicted octanol–water partition coefficient (Wildman–Crippen LogP) is 2.58. The fraction of sp³-hybridized carbons (Fsp3) is 0.357. The van der Waals surface area contributed by atoms with Gasteiger partial charge in [-0.15, -0.1) is 0 Å². The van der Waals surface area contributed by atoms with Crippen molar-refractivity contribution in [2.45, 2.75) is 13.8 Å². The molecular formula is C14H18O4. The molecule has 0 saturated carbocycles. The van der Waals surface area contributed by atoms with E-state index in [0.29, 0.717) is 30.3 Å². The van der Waals surface area contributed by atoms with E-state index in [1.54, 1.807) is 13.0 Å². The smallest absolute Gasteiger partial charge is 0.333 e. The topological polar surface area (TPSA) is 44.8 Å². The third-order valence-electron chi connectivity index (χ3n) is 2.28. The lowest BCUT2D eigenvalue weighted by molar-refractivity contribution is -0.136. The number of hydrogen-bond acceptors (Lipinski definition) is 4. The van der Waals surface area contributed by atoms with Crippen LogP contribution in [0.4, 0.5) is 0 Å². The maximum atomic E-state index is 11.2. The van der Waals surface area contributed by atoms with E-state index in [1.807, 2.05) is 31.2 Å². The molecule has 98 valence electrons. The van der Waals surface area contributed by atoms with Gasteiger partial charge in [-0.05, 0) is 32.1 Å². The zero-order valence-electron chi connectivity index (χ0n) is 10.9. The quantitative estimate of drug-likeness (QED) is 0.575. The Morgan fingerprint density at radius 1 is 1.22 bits per heavy atom. The summed E-state index contributed by atoms with van der Waals surface area (Å²) in [6.07, 6.45) is 1.68. The second kappa shape index (κ2) is 7.37. The largest absolute Gasteiger partial charge is 0.490 e. The van der Waals surface area contributed by atoms with E-state index in [4.69, 9.17) is 9.47 Å². The van der Waals surface area contributed by atoms with Crippen molar-refractivity contribution in [2.24, 2.45) is 0 Å². The SMILES string of the molecule is CCOc1ccccc1OCC=C(C)C(=O)OC. The Morgan fingerprint density at radius 3 is 2.39 bits per heavy atom. The minimum absolute atomic E-state index is 0.297. The number of benzene rings is 1. The normalized spacial score (nSPS) is 10.9. The van der Waals surface area contributed by atoms with Gasteiger partial charge in [0.15, 0.2) is 11.5 Å². The number of hydrogen-bond donors (Lipinski definition) is 0. The molecule has 0 aromatic heterocycles. The van der Waals surface area contributed by atoms with Gasteiger partial charge in [0.1, 0.15) is 6.61 Å². The number of rotatable bonds is 6. The fourth-order valence-electron chi connectivity index (χ4n) is 1.34. The molecule has 1 rings (SSSR count). The van der Waals surface area contributed by atoms with Crippen LogP contribution in [0.15, 0.2) is 35.9 Å². The molecule has 4 nitrogen and oxygen atoms in total. The summed E-state index contributed by atoms with van der Waals surface area (Å²) in [7, 11) is 1.35. The Bertz CT molecular complexity index is 424. The lowest BCUT2D eigenvalue weighted by Crippen LogP contribution is -2.04. The average Bonchev–Trinajstić information content (AvgIpc) is 2.40. The van der Waals surface area contributed by atoms with Gasteiger partial charge in [0.05, 0.1) is 13.7 Å². The number of methoxy groups -OCH3 is 1. The maximum absolute atomic E-state index is 11.2. The van der Waals surface area contributed by atoms with Crippen molar-refractivity contribution in [1.29, 1.82) is 0 Å². The van der Waals surface area contributed by atoms with E-state index in [9.17, 15) is 4.79 Å². The van der Waals surface area contributed by atoms with Gasteiger partial charge < -0.3 is 14.2 Å². The fourth-order valence-corrected chi connectivity index (χ4v) is 1.34. The molecule has 1 aromatic rings. The molecule has 0 radical (unpaired) electrons. The number of para-hydroxylation sites is 2. The molecule has 0 fully saturated rings. The molecule has 18 heavy (non-hydrogen) atoms. The third-order valence-corrected chi connectivity index (χ3v) is 2.28. The molecule has 0 N–H and O–H groups in total. The molecule has 0 amide bonds. The Kier molecular flexibility index (Phi) is 5.77. The van der Waals surface area contributed by atoms with E-state index < -0.39 is 0 Å². The molecule has 0 spiro atoms. The van der Waals surface area contributed by atoms with Gasteiger partial charge in [0, 0.05) is 5.57 Å². The first kappa shape index (κ1) is 14.1. The standard InChI is InChI=1S/C14H18O4/c1-4-17-12-7-5-6-8-13(12)18-10-9-11(2)14(15)16-3/h5-9H,4,10H2,1-3H3. The van der Waals surface area contributed by atoms with Crippen LogP contribution in [-0.2, 0) is 9.53 Å². The van der Waals surface area contributed by atoms with Crippen molar-refractivity contribution in [2.75, 3.05) is 20.3 Å². The Hall–Kier alpha value is -1.97. The monoisotopic (exact) mass is 250 g/mol. The summed E-state index contributed by atoms with van der Waals surface area (Å²) in [6.45, 7) is 4.48. The summed E-state index contributed by atoms with van der Waals surface area (Å²) in [5.74, 6) is 1.01. The third kappa shape index (κ3) is 4.13. The van der Waals surface area contributed by atoms with Gasteiger partial charge in [-0.3, -0.25) is 0 Å². The molecule has 0 heterocycles. The minimum atomic E-state index is -0.350. The van der Waals surface area contributed by atoms with Crippen LogP contribution >= 0.6 is 0 Å². The second-order valence-electron chi connectivity index (χ2n) is 3.57. The number of carbonyl (C=O) groups is 1. The van der Waals surface area contributed by atoms with Gasteiger partial charge in [0.2, 0.25) is 0 Å². The van der Waals surface area contributed by atoms with Crippen molar-refractivity contribution >= 4 is 5.97 Å². The summed E-state index contributed by atoms with van der Waals surface area (Å²) in [5, 5.41) is 0. The lowest BCUT2D eigenvalue weighted by atomic mass is 10.3. The van der Waals surface area contributed by atoms with E-state index in [1.165, 1.54) is 7.11 Å². The van der Waals surface area contributed by atoms with Crippen LogP contribution in [0, 0.1) is 0 Å². The van der Waals surface area contributed by atoms with Gasteiger partial charge in [-0.2, -0.15) is 0 Å². The number of esters is 1. The molecule has 0 unspecified atom stereocenters. The highest BCUT2D eigenvalue weighted by Crippen LogP contribution is 2.26. The van der Waals surface area contributed by atoms with E-state index in [2.05, 4.69) is 4.74 Å². The highest BCUT2D eigenvalue weighted by Gasteiger charge is 2.04. The first-order valence-electron chi connectivity index (χ1n) is 5.78. The van der Waals surface area contributed by atoms with E-state index >= 15 is 0 Å².